The first-order valence-electron chi connectivity index (χ1n) is 7.00. The molecular weight excluding hydrogens is 276 g/mol. The van der Waals surface area contributed by atoms with E-state index in [1.807, 2.05) is 37.3 Å². The van der Waals surface area contributed by atoms with Crippen molar-refractivity contribution in [3.05, 3.63) is 66.0 Å². The summed E-state index contributed by atoms with van der Waals surface area (Å²) in [6.07, 6.45) is 4.67. The molecule has 0 N–H and O–H groups in total. The Morgan fingerprint density at radius 1 is 1.32 bits per heavy atom. The molecule has 1 atom stereocenters. The van der Waals surface area contributed by atoms with Crippen LogP contribution in [0.15, 0.2) is 54.7 Å². The molecule has 2 aromatic rings. The zero-order valence-corrected chi connectivity index (χ0v) is 12.3. The van der Waals surface area contributed by atoms with Crippen LogP contribution in [0.3, 0.4) is 0 Å². The van der Waals surface area contributed by atoms with Crippen molar-refractivity contribution in [2.75, 3.05) is 6.61 Å². The lowest BCUT2D eigenvalue weighted by molar-refractivity contribution is -0.114. The largest absolute Gasteiger partial charge is 0.494 e. The topological polar surface area (TPSA) is 63.0 Å². The van der Waals surface area contributed by atoms with Crippen LogP contribution in [-0.4, -0.2) is 17.4 Å². The lowest BCUT2D eigenvalue weighted by Crippen LogP contribution is -2.09. The Morgan fingerprint density at radius 2 is 2.09 bits per heavy atom. The molecule has 0 radical (unpaired) electrons. The van der Waals surface area contributed by atoms with Crippen molar-refractivity contribution in [1.29, 1.82) is 5.26 Å². The second-order valence-corrected chi connectivity index (χ2v) is 4.55. The Bertz CT molecular complexity index is 685. The van der Waals surface area contributed by atoms with Gasteiger partial charge in [-0.1, -0.05) is 24.3 Å². The molecule has 0 spiro atoms. The first kappa shape index (κ1) is 15.5. The number of aromatic nitrogens is 1. The van der Waals surface area contributed by atoms with E-state index in [-0.39, 0.29) is 5.78 Å². The summed E-state index contributed by atoms with van der Waals surface area (Å²) in [5.41, 5.74) is 1.33. The lowest BCUT2D eigenvalue weighted by Gasteiger charge is -2.04. The molecule has 0 unspecified atom stereocenters. The molecule has 0 fully saturated rings. The van der Waals surface area contributed by atoms with E-state index >= 15 is 0 Å². The van der Waals surface area contributed by atoms with Crippen LogP contribution >= 0.6 is 0 Å². The van der Waals surface area contributed by atoms with E-state index in [9.17, 15) is 10.1 Å². The summed E-state index contributed by atoms with van der Waals surface area (Å²) in [7, 11) is 0. The Hall–Kier alpha value is -2.93. The average molecular weight is 292 g/mol. The molecule has 1 heterocycles. The van der Waals surface area contributed by atoms with E-state index < -0.39 is 5.92 Å². The number of nitriles is 1. The molecule has 0 bridgehead atoms. The van der Waals surface area contributed by atoms with Crippen molar-refractivity contribution >= 4 is 11.9 Å². The van der Waals surface area contributed by atoms with Gasteiger partial charge >= 0.3 is 0 Å². The van der Waals surface area contributed by atoms with Gasteiger partial charge in [0, 0.05) is 6.20 Å². The molecule has 0 saturated heterocycles. The van der Waals surface area contributed by atoms with Gasteiger partial charge in [-0.25, -0.2) is 0 Å². The first-order valence-corrected chi connectivity index (χ1v) is 7.00. The smallest absolute Gasteiger partial charge is 0.178 e. The Labute approximate surface area is 129 Å². The highest BCUT2D eigenvalue weighted by molar-refractivity contribution is 6.00. The summed E-state index contributed by atoms with van der Waals surface area (Å²) in [6, 6.07) is 14.6. The molecule has 2 rings (SSSR count). The van der Waals surface area contributed by atoms with Crippen LogP contribution in [0.2, 0.25) is 0 Å². The zero-order valence-electron chi connectivity index (χ0n) is 12.3. The van der Waals surface area contributed by atoms with Gasteiger partial charge < -0.3 is 4.74 Å². The fourth-order valence-electron chi connectivity index (χ4n) is 1.94. The van der Waals surface area contributed by atoms with Crippen molar-refractivity contribution in [2.24, 2.45) is 0 Å². The molecule has 22 heavy (non-hydrogen) atoms. The van der Waals surface area contributed by atoms with Crippen LogP contribution in [0, 0.1) is 11.3 Å². The minimum Gasteiger partial charge on any atom is -0.494 e. The van der Waals surface area contributed by atoms with E-state index in [0.717, 1.165) is 11.3 Å². The molecule has 0 amide bonds. The quantitative estimate of drug-likeness (QED) is 0.766. The minimum atomic E-state index is -0.875. The number of hydrogen-bond donors (Lipinski definition) is 0. The van der Waals surface area contributed by atoms with Crippen molar-refractivity contribution in [1.82, 2.24) is 4.98 Å². The highest BCUT2D eigenvalue weighted by Gasteiger charge is 2.18. The third-order valence-electron chi connectivity index (χ3n) is 3.03. The van der Waals surface area contributed by atoms with Gasteiger partial charge in [-0.05, 0) is 42.8 Å². The van der Waals surface area contributed by atoms with E-state index in [4.69, 9.17) is 4.74 Å². The van der Waals surface area contributed by atoms with Crippen molar-refractivity contribution in [3.8, 4) is 11.8 Å². The Kier molecular flexibility index (Phi) is 5.44. The summed E-state index contributed by atoms with van der Waals surface area (Å²) in [6.45, 7) is 2.54. The molecule has 0 saturated carbocycles. The normalized spacial score (nSPS) is 11.8. The fraction of sp³-hybridized carbons (Fsp3) is 0.167. The maximum atomic E-state index is 12.1. The molecule has 4 nitrogen and oxygen atoms in total. The molecular formula is C18H16N2O2. The third kappa shape index (κ3) is 4.03. The van der Waals surface area contributed by atoms with E-state index in [2.05, 4.69) is 4.98 Å². The number of benzene rings is 1. The number of carbonyl (C=O) groups excluding carboxylic acids is 1. The second-order valence-electron chi connectivity index (χ2n) is 4.55. The number of allylic oxidation sites excluding steroid dienone is 1. The van der Waals surface area contributed by atoms with Crippen LogP contribution < -0.4 is 4.74 Å². The van der Waals surface area contributed by atoms with Crippen LogP contribution in [0.25, 0.3) is 6.08 Å². The van der Waals surface area contributed by atoms with Gasteiger partial charge in [-0.15, -0.1) is 0 Å². The number of ketones is 1. The zero-order chi connectivity index (χ0) is 15.8. The minimum absolute atomic E-state index is 0.282. The van der Waals surface area contributed by atoms with Gasteiger partial charge in [0.1, 0.15) is 5.75 Å². The first-order chi connectivity index (χ1) is 10.7. The van der Waals surface area contributed by atoms with Crippen molar-refractivity contribution in [2.45, 2.75) is 12.8 Å². The summed E-state index contributed by atoms with van der Waals surface area (Å²) >= 11 is 0. The van der Waals surface area contributed by atoms with E-state index in [1.54, 1.807) is 30.5 Å². The molecule has 4 heteroatoms. The predicted molar refractivity (Wildman–Crippen MR) is 84.2 cm³/mol. The standard InChI is InChI=1S/C18H16N2O2/c1-2-22-15-9-6-14(7-10-15)8-11-18(21)16(13-19)17-5-3-4-12-20-17/h3-12,16H,2H2,1H3/b11-8+/t16-/m1/s1. The van der Waals surface area contributed by atoms with Gasteiger partial charge in [0.05, 0.1) is 18.4 Å². The highest BCUT2D eigenvalue weighted by Crippen LogP contribution is 2.16. The lowest BCUT2D eigenvalue weighted by atomic mass is 10.00. The Morgan fingerprint density at radius 3 is 2.68 bits per heavy atom. The monoisotopic (exact) mass is 292 g/mol. The number of hydrogen-bond acceptors (Lipinski definition) is 4. The van der Waals surface area contributed by atoms with Crippen LogP contribution in [0.1, 0.15) is 24.1 Å². The van der Waals surface area contributed by atoms with Gasteiger partial charge in [0.15, 0.2) is 11.7 Å². The average Bonchev–Trinajstić information content (AvgIpc) is 2.56. The van der Waals surface area contributed by atoms with E-state index in [0.29, 0.717) is 12.3 Å². The van der Waals surface area contributed by atoms with Crippen LogP contribution in [0.4, 0.5) is 0 Å². The number of nitrogens with zero attached hydrogens (tertiary/aromatic N) is 2. The summed E-state index contributed by atoms with van der Waals surface area (Å²) in [5.74, 6) is -0.371. The highest BCUT2D eigenvalue weighted by atomic mass is 16.5. The molecule has 1 aromatic heterocycles. The van der Waals surface area contributed by atoms with Gasteiger partial charge in [-0.3, -0.25) is 9.78 Å². The number of rotatable bonds is 6. The van der Waals surface area contributed by atoms with Crippen molar-refractivity contribution < 1.29 is 9.53 Å². The molecule has 1 aromatic carbocycles. The molecule has 0 aliphatic carbocycles. The summed E-state index contributed by atoms with van der Waals surface area (Å²) < 4.78 is 5.36. The maximum Gasteiger partial charge on any atom is 0.178 e. The summed E-state index contributed by atoms with van der Waals surface area (Å²) in [4.78, 5) is 16.2. The Balaban J connectivity index is 2.08. The predicted octanol–water partition coefficient (Wildman–Crippen LogP) is 3.37. The molecule has 110 valence electrons. The third-order valence-corrected chi connectivity index (χ3v) is 3.03. The second kappa shape index (κ2) is 7.75. The van der Waals surface area contributed by atoms with Crippen molar-refractivity contribution in [3.63, 3.8) is 0 Å². The van der Waals surface area contributed by atoms with Gasteiger partial charge in [0.2, 0.25) is 0 Å². The number of ether oxygens (including phenoxy) is 1. The summed E-state index contributed by atoms with van der Waals surface area (Å²) in [5, 5.41) is 9.18. The number of carbonyl (C=O) groups is 1. The molecule has 0 aliphatic heterocycles. The van der Waals surface area contributed by atoms with E-state index in [1.165, 1.54) is 6.08 Å². The fourth-order valence-corrected chi connectivity index (χ4v) is 1.94. The number of pyridine rings is 1. The van der Waals surface area contributed by atoms with Gasteiger partial charge in [0.25, 0.3) is 0 Å². The maximum absolute atomic E-state index is 12.1. The van der Waals surface area contributed by atoms with Crippen LogP contribution in [0.5, 0.6) is 5.75 Å². The van der Waals surface area contributed by atoms with Gasteiger partial charge in [-0.2, -0.15) is 5.26 Å². The van der Waals surface area contributed by atoms with Crippen LogP contribution in [-0.2, 0) is 4.79 Å². The SMILES string of the molecule is CCOc1ccc(/C=C/C(=O)[C@H](C#N)c2ccccn2)cc1. The molecule has 0 aliphatic rings.